The van der Waals surface area contributed by atoms with Crippen molar-refractivity contribution in [3.05, 3.63) is 28.8 Å². The third kappa shape index (κ3) is 4.13. The van der Waals surface area contributed by atoms with Crippen LogP contribution in [-0.2, 0) is 0 Å². The van der Waals surface area contributed by atoms with Gasteiger partial charge in [0.1, 0.15) is 5.84 Å². The number of nitrogens with zero attached hydrogens (tertiary/aromatic N) is 1. The number of nitrogens with two attached hydrogens (primary N) is 1. The fraction of sp³-hybridized carbons (Fsp3) is 0.417. The Labute approximate surface area is 112 Å². The van der Waals surface area contributed by atoms with Crippen molar-refractivity contribution >= 4 is 34.9 Å². The molecule has 0 heterocycles. The molecular formula is C12H18ClN3S. The number of thioether (sulfide) groups is 1. The van der Waals surface area contributed by atoms with E-state index >= 15 is 0 Å². The molecule has 0 unspecified atom stereocenters. The summed E-state index contributed by atoms with van der Waals surface area (Å²) in [6.45, 7) is 0.932. The van der Waals surface area contributed by atoms with Gasteiger partial charge in [-0.3, -0.25) is 5.41 Å². The van der Waals surface area contributed by atoms with Crippen molar-refractivity contribution in [3.63, 3.8) is 0 Å². The third-order valence-corrected chi connectivity index (χ3v) is 3.44. The van der Waals surface area contributed by atoms with Gasteiger partial charge in [-0.05, 0) is 36.6 Å². The van der Waals surface area contributed by atoms with E-state index in [4.69, 9.17) is 22.7 Å². The summed E-state index contributed by atoms with van der Waals surface area (Å²) in [6.07, 6.45) is 3.20. The molecule has 0 aliphatic carbocycles. The van der Waals surface area contributed by atoms with Crippen molar-refractivity contribution in [3.8, 4) is 0 Å². The molecule has 0 bridgehead atoms. The third-order valence-electron chi connectivity index (χ3n) is 2.50. The zero-order valence-corrected chi connectivity index (χ0v) is 11.7. The van der Waals surface area contributed by atoms with Crippen molar-refractivity contribution in [1.29, 1.82) is 5.41 Å². The van der Waals surface area contributed by atoms with Crippen LogP contribution in [0.4, 0.5) is 5.69 Å². The summed E-state index contributed by atoms with van der Waals surface area (Å²) in [4.78, 5) is 2.10. The van der Waals surface area contributed by atoms with E-state index in [1.165, 1.54) is 0 Å². The number of hydrogen-bond acceptors (Lipinski definition) is 3. The van der Waals surface area contributed by atoms with Crippen LogP contribution in [0.5, 0.6) is 0 Å². The minimum absolute atomic E-state index is 0.0772. The Kier molecular flexibility index (Phi) is 5.65. The fourth-order valence-electron chi connectivity index (χ4n) is 1.61. The summed E-state index contributed by atoms with van der Waals surface area (Å²) in [6, 6.07) is 5.42. The molecule has 0 aliphatic rings. The lowest BCUT2D eigenvalue weighted by Gasteiger charge is -2.22. The van der Waals surface area contributed by atoms with Crippen LogP contribution < -0.4 is 10.6 Å². The first-order valence-electron chi connectivity index (χ1n) is 5.40. The van der Waals surface area contributed by atoms with Gasteiger partial charge in [0.25, 0.3) is 0 Å². The van der Waals surface area contributed by atoms with Crippen LogP contribution in [0.3, 0.4) is 0 Å². The van der Waals surface area contributed by atoms with E-state index in [0.29, 0.717) is 5.02 Å². The molecule has 0 saturated carbocycles. The minimum Gasteiger partial charge on any atom is -0.384 e. The van der Waals surface area contributed by atoms with Crippen molar-refractivity contribution in [1.82, 2.24) is 0 Å². The average Bonchev–Trinajstić information content (AvgIpc) is 2.28. The second-order valence-electron chi connectivity index (χ2n) is 3.84. The maximum atomic E-state index is 7.56. The molecule has 1 aromatic rings. The monoisotopic (exact) mass is 271 g/mol. The molecule has 0 radical (unpaired) electrons. The highest BCUT2D eigenvalue weighted by Gasteiger charge is 2.10. The highest BCUT2D eigenvalue weighted by atomic mass is 35.5. The second kappa shape index (κ2) is 6.77. The smallest absolute Gasteiger partial charge is 0.124 e. The number of benzene rings is 1. The van der Waals surface area contributed by atoms with Gasteiger partial charge in [0, 0.05) is 29.9 Å². The molecule has 0 amide bonds. The van der Waals surface area contributed by atoms with Gasteiger partial charge in [-0.2, -0.15) is 11.8 Å². The van der Waals surface area contributed by atoms with Crippen molar-refractivity contribution in [2.24, 2.45) is 5.73 Å². The van der Waals surface area contributed by atoms with E-state index in [9.17, 15) is 0 Å². The summed E-state index contributed by atoms with van der Waals surface area (Å²) in [7, 11) is 2.00. The predicted octanol–water partition coefficient (Wildman–Crippen LogP) is 2.81. The molecule has 1 rings (SSSR count). The Morgan fingerprint density at radius 1 is 1.53 bits per heavy atom. The van der Waals surface area contributed by atoms with Crippen LogP contribution in [0, 0.1) is 5.41 Å². The Bertz CT molecular complexity index is 395. The largest absolute Gasteiger partial charge is 0.384 e. The Hall–Kier alpha value is -0.870. The maximum absolute atomic E-state index is 7.56. The Morgan fingerprint density at radius 2 is 2.24 bits per heavy atom. The summed E-state index contributed by atoms with van der Waals surface area (Å²) in [5, 5.41) is 8.23. The van der Waals surface area contributed by atoms with E-state index in [2.05, 4.69) is 11.2 Å². The summed E-state index contributed by atoms with van der Waals surface area (Å²) in [5.41, 5.74) is 7.23. The molecule has 3 N–H and O–H groups in total. The van der Waals surface area contributed by atoms with E-state index in [-0.39, 0.29) is 5.84 Å². The molecule has 0 aromatic heterocycles. The molecule has 0 saturated heterocycles. The number of halogens is 1. The van der Waals surface area contributed by atoms with Crippen molar-refractivity contribution in [2.75, 3.05) is 30.5 Å². The van der Waals surface area contributed by atoms with Gasteiger partial charge in [0.05, 0.1) is 0 Å². The molecule has 0 spiro atoms. The lowest BCUT2D eigenvalue weighted by molar-refractivity contribution is 0.859. The maximum Gasteiger partial charge on any atom is 0.124 e. The normalized spacial score (nSPS) is 10.3. The van der Waals surface area contributed by atoms with Crippen LogP contribution in [0.2, 0.25) is 5.02 Å². The van der Waals surface area contributed by atoms with Crippen molar-refractivity contribution in [2.45, 2.75) is 6.42 Å². The first-order chi connectivity index (χ1) is 8.06. The fourth-order valence-corrected chi connectivity index (χ4v) is 2.20. The molecule has 17 heavy (non-hydrogen) atoms. The number of rotatable bonds is 6. The zero-order valence-electron chi connectivity index (χ0n) is 10.2. The highest BCUT2D eigenvalue weighted by Crippen LogP contribution is 2.24. The van der Waals surface area contributed by atoms with Gasteiger partial charge < -0.3 is 10.6 Å². The standard InChI is InChI=1S/C12H18ClN3S/c1-16(6-3-7-17-2)11-8-9(13)4-5-10(11)12(14)15/h4-5,8H,3,6-7H2,1-2H3,(H3,14,15). The van der Waals surface area contributed by atoms with Crippen molar-refractivity contribution < 1.29 is 0 Å². The minimum atomic E-state index is 0.0772. The van der Waals surface area contributed by atoms with Crippen LogP contribution >= 0.6 is 23.4 Å². The number of nitrogens with one attached hydrogen (secondary N) is 1. The highest BCUT2D eigenvalue weighted by molar-refractivity contribution is 7.98. The van der Waals surface area contributed by atoms with Gasteiger partial charge in [0.15, 0.2) is 0 Å². The summed E-state index contributed by atoms with van der Waals surface area (Å²) in [5.74, 6) is 1.20. The molecule has 0 fully saturated rings. The van der Waals surface area contributed by atoms with Crippen LogP contribution in [-0.4, -0.2) is 31.4 Å². The Morgan fingerprint density at radius 3 is 2.82 bits per heavy atom. The van der Waals surface area contributed by atoms with Crippen LogP contribution in [0.25, 0.3) is 0 Å². The average molecular weight is 272 g/mol. The molecule has 0 atom stereocenters. The molecule has 94 valence electrons. The van der Waals surface area contributed by atoms with E-state index in [1.807, 2.05) is 24.9 Å². The van der Waals surface area contributed by atoms with Gasteiger partial charge in [0.2, 0.25) is 0 Å². The summed E-state index contributed by atoms with van der Waals surface area (Å²) < 4.78 is 0. The van der Waals surface area contributed by atoms with E-state index in [0.717, 1.165) is 30.0 Å². The molecule has 5 heteroatoms. The van der Waals surface area contributed by atoms with Gasteiger partial charge in [-0.1, -0.05) is 11.6 Å². The number of hydrogen-bond donors (Lipinski definition) is 2. The quantitative estimate of drug-likeness (QED) is 0.475. The lowest BCUT2D eigenvalue weighted by Crippen LogP contribution is -2.23. The number of amidine groups is 1. The van der Waals surface area contributed by atoms with E-state index in [1.54, 1.807) is 12.1 Å². The Balaban J connectivity index is 2.86. The molecule has 0 aliphatic heterocycles. The molecular weight excluding hydrogens is 254 g/mol. The van der Waals surface area contributed by atoms with Gasteiger partial charge in [-0.15, -0.1) is 0 Å². The first kappa shape index (κ1) is 14.2. The zero-order chi connectivity index (χ0) is 12.8. The first-order valence-corrected chi connectivity index (χ1v) is 7.17. The second-order valence-corrected chi connectivity index (χ2v) is 5.27. The topological polar surface area (TPSA) is 53.1 Å². The van der Waals surface area contributed by atoms with Crippen LogP contribution in [0.15, 0.2) is 18.2 Å². The lowest BCUT2D eigenvalue weighted by atomic mass is 10.1. The molecule has 3 nitrogen and oxygen atoms in total. The summed E-state index contributed by atoms with van der Waals surface area (Å²) >= 11 is 7.82. The van der Waals surface area contributed by atoms with E-state index < -0.39 is 0 Å². The molecule has 1 aromatic carbocycles. The van der Waals surface area contributed by atoms with Crippen LogP contribution in [0.1, 0.15) is 12.0 Å². The SMILES string of the molecule is CSCCCN(C)c1cc(Cl)ccc1C(=N)N. The van der Waals surface area contributed by atoms with Gasteiger partial charge in [-0.25, -0.2) is 0 Å². The predicted molar refractivity (Wildman–Crippen MR) is 78.7 cm³/mol. The number of anilines is 1. The van der Waals surface area contributed by atoms with Gasteiger partial charge >= 0.3 is 0 Å². The number of nitrogen functional groups attached to an aromatic ring is 1.